The second kappa shape index (κ2) is 6.76. The van der Waals surface area contributed by atoms with Crippen molar-refractivity contribution in [3.05, 3.63) is 47.7 Å². The number of methoxy groups -OCH3 is 1. The van der Waals surface area contributed by atoms with Gasteiger partial charge < -0.3 is 20.3 Å². The van der Waals surface area contributed by atoms with Gasteiger partial charge in [-0.2, -0.15) is 0 Å². The van der Waals surface area contributed by atoms with Crippen LogP contribution < -0.4 is 5.73 Å². The molecule has 160 valence electrons. The molecule has 2 aromatic rings. The molecule has 1 aromatic carbocycles. The summed E-state index contributed by atoms with van der Waals surface area (Å²) in [6, 6.07) is 10.4. The number of benzene rings is 1. The predicted molar refractivity (Wildman–Crippen MR) is 125 cm³/mol. The van der Waals surface area contributed by atoms with Crippen LogP contribution in [0.15, 0.2) is 41.5 Å². The van der Waals surface area contributed by atoms with Gasteiger partial charge in [0.25, 0.3) is 6.02 Å². The zero-order chi connectivity index (χ0) is 22.0. The van der Waals surface area contributed by atoms with Crippen LogP contribution in [0.25, 0.3) is 11.1 Å². The number of nitrogens with zero attached hydrogens (tertiary/aromatic N) is 2. The third-order valence-electron chi connectivity index (χ3n) is 7.94. The van der Waals surface area contributed by atoms with E-state index in [-0.39, 0.29) is 23.4 Å². The Hall–Kier alpha value is -2.47. The van der Waals surface area contributed by atoms with Gasteiger partial charge in [0, 0.05) is 24.8 Å². The van der Waals surface area contributed by atoms with Crippen molar-refractivity contribution < 1.29 is 14.6 Å². The topological polar surface area (TPSA) is 90.0 Å². The monoisotopic (exact) mass is 417 g/mol. The molecule has 31 heavy (non-hydrogen) atoms. The number of rotatable bonds is 2. The first-order valence-electron chi connectivity index (χ1n) is 11.1. The molecule has 5 rings (SSSR count). The van der Waals surface area contributed by atoms with Crippen LogP contribution in [-0.4, -0.2) is 50.4 Å². The van der Waals surface area contributed by atoms with E-state index in [9.17, 15) is 5.11 Å². The van der Waals surface area contributed by atoms with E-state index in [2.05, 4.69) is 45.8 Å². The maximum atomic E-state index is 9.89. The molecule has 0 radical (unpaired) electrons. The van der Waals surface area contributed by atoms with Gasteiger partial charge in [-0.15, -0.1) is 0 Å². The van der Waals surface area contributed by atoms with Crippen LogP contribution in [0.1, 0.15) is 37.3 Å². The normalized spacial score (nSPS) is 33.3. The number of aromatic nitrogens is 1. The summed E-state index contributed by atoms with van der Waals surface area (Å²) in [7, 11) is 6.05. The molecule has 2 spiro atoms. The van der Waals surface area contributed by atoms with E-state index in [1.165, 1.54) is 11.1 Å². The fraction of sp³-hybridized carbons (Fsp3) is 0.478. The zero-order valence-electron chi connectivity index (χ0n) is 18.7. The molecule has 6 nitrogen and oxygen atoms in total. The zero-order valence-corrected chi connectivity index (χ0v) is 18.7. The maximum absolute atomic E-state index is 9.89. The summed E-state index contributed by atoms with van der Waals surface area (Å²) >= 11 is 0. The van der Waals surface area contributed by atoms with Gasteiger partial charge in [-0.1, -0.05) is 19.1 Å². The summed E-state index contributed by atoms with van der Waals surface area (Å²) in [5.41, 5.74) is 10.1. The van der Waals surface area contributed by atoms with E-state index in [1.54, 1.807) is 12.3 Å². The quantitative estimate of drug-likeness (QED) is 0.720. The van der Waals surface area contributed by atoms with Crippen molar-refractivity contribution in [3.8, 4) is 17.0 Å². The van der Waals surface area contributed by atoms with Crippen molar-refractivity contribution in [2.45, 2.75) is 49.6 Å². The Labute approximate surface area is 185 Å². The average molecular weight is 417 g/mol. The first-order chi connectivity index (χ1) is 14.7. The van der Waals surface area contributed by atoms with Crippen molar-refractivity contribution in [2.24, 2.45) is 22.1 Å². The predicted octanol–water partition coefficient (Wildman–Crippen LogP) is 1.29. The molecule has 2 aliphatic carbocycles. The average Bonchev–Trinajstić information content (AvgIpc) is 3.12. The Morgan fingerprint density at radius 2 is 2.00 bits per heavy atom. The van der Waals surface area contributed by atoms with Gasteiger partial charge >= 0.3 is 0 Å². The Morgan fingerprint density at radius 3 is 2.65 bits per heavy atom. The third-order valence-corrected chi connectivity index (χ3v) is 7.94. The van der Waals surface area contributed by atoms with E-state index in [0.717, 1.165) is 36.8 Å². The molecule has 0 amide bonds. The number of ether oxygens (including phenoxy) is 2. The van der Waals surface area contributed by atoms with Gasteiger partial charge in [0.2, 0.25) is 5.88 Å². The molecule has 0 bridgehead atoms. The SMILES string of the molecule is BC1(B)OC(N)=NC12c1cc(-c3ccnc(O)c3)ccc1C[C@@]21CC[C@H](OC)[C@@H](C)C1. The number of nitrogens with two attached hydrogens (primary N) is 1. The second-order valence-electron chi connectivity index (χ2n) is 10.00. The Morgan fingerprint density at radius 1 is 1.23 bits per heavy atom. The first-order valence-corrected chi connectivity index (χ1v) is 11.1. The van der Waals surface area contributed by atoms with Crippen LogP contribution >= 0.6 is 0 Å². The summed E-state index contributed by atoms with van der Waals surface area (Å²) in [6.07, 6.45) is 5.88. The van der Waals surface area contributed by atoms with Crippen LogP contribution in [-0.2, 0) is 21.4 Å². The molecule has 1 unspecified atom stereocenters. The maximum Gasteiger partial charge on any atom is 0.282 e. The van der Waals surface area contributed by atoms with Crippen LogP contribution in [0.5, 0.6) is 5.88 Å². The highest BCUT2D eigenvalue weighted by Crippen LogP contribution is 2.65. The van der Waals surface area contributed by atoms with E-state index >= 15 is 0 Å². The molecule has 1 aromatic heterocycles. The van der Waals surface area contributed by atoms with E-state index in [1.807, 2.05) is 13.2 Å². The van der Waals surface area contributed by atoms with Crippen molar-refractivity contribution in [1.29, 1.82) is 0 Å². The van der Waals surface area contributed by atoms with Crippen LogP contribution in [0.3, 0.4) is 0 Å². The number of hydrogen-bond acceptors (Lipinski definition) is 6. The number of hydrogen-bond donors (Lipinski definition) is 2. The Balaban J connectivity index is 1.70. The summed E-state index contributed by atoms with van der Waals surface area (Å²) in [5.74, 6) is 0.442. The lowest BCUT2D eigenvalue weighted by molar-refractivity contribution is -0.0559. The van der Waals surface area contributed by atoms with E-state index in [0.29, 0.717) is 5.92 Å². The Kier molecular flexibility index (Phi) is 4.46. The van der Waals surface area contributed by atoms with Gasteiger partial charge in [-0.05, 0) is 66.0 Å². The fourth-order valence-electron chi connectivity index (χ4n) is 6.82. The molecule has 1 saturated carbocycles. The minimum atomic E-state index is -0.568. The van der Waals surface area contributed by atoms with Crippen LogP contribution in [0.2, 0.25) is 0 Å². The van der Waals surface area contributed by atoms with Gasteiger partial charge in [-0.25, -0.2) is 9.98 Å². The molecule has 8 heteroatoms. The highest BCUT2D eigenvalue weighted by atomic mass is 16.5. The summed E-state index contributed by atoms with van der Waals surface area (Å²) < 4.78 is 11.9. The number of fused-ring (bicyclic) bond motifs is 3. The highest BCUT2D eigenvalue weighted by Gasteiger charge is 2.68. The number of amidine groups is 1. The molecule has 2 heterocycles. The third kappa shape index (κ3) is 2.77. The van der Waals surface area contributed by atoms with Gasteiger partial charge in [-0.3, -0.25) is 0 Å². The van der Waals surface area contributed by atoms with E-state index < -0.39 is 10.9 Å². The van der Waals surface area contributed by atoms with Crippen LogP contribution in [0, 0.1) is 11.3 Å². The number of aliphatic imine (C=N–C) groups is 1. The lowest BCUT2D eigenvalue weighted by Gasteiger charge is -2.53. The minimum Gasteiger partial charge on any atom is -0.493 e. The first kappa shape index (κ1) is 20.4. The molecular weight excluding hydrogens is 388 g/mol. The lowest BCUT2D eigenvalue weighted by atomic mass is 9.44. The molecule has 3 aliphatic rings. The molecule has 3 N–H and O–H groups in total. The molecule has 1 fully saturated rings. The fourth-order valence-corrected chi connectivity index (χ4v) is 6.82. The van der Waals surface area contributed by atoms with Crippen molar-refractivity contribution in [2.75, 3.05) is 7.11 Å². The highest BCUT2D eigenvalue weighted by molar-refractivity contribution is 6.41. The van der Waals surface area contributed by atoms with Gasteiger partial charge in [0.1, 0.15) is 5.54 Å². The molecule has 1 aliphatic heterocycles. The van der Waals surface area contributed by atoms with Crippen molar-refractivity contribution in [3.63, 3.8) is 0 Å². The molecule has 0 saturated heterocycles. The largest absolute Gasteiger partial charge is 0.493 e. The van der Waals surface area contributed by atoms with Crippen molar-refractivity contribution >= 4 is 21.7 Å². The van der Waals surface area contributed by atoms with Gasteiger partial charge in [0.05, 0.1) is 11.5 Å². The number of pyridine rings is 1. The Bertz CT molecular complexity index is 1080. The van der Waals surface area contributed by atoms with Gasteiger partial charge in [0.15, 0.2) is 15.7 Å². The summed E-state index contributed by atoms with van der Waals surface area (Å²) in [5, 5.41) is 9.32. The van der Waals surface area contributed by atoms with Crippen LogP contribution in [0.4, 0.5) is 0 Å². The van der Waals surface area contributed by atoms with Crippen molar-refractivity contribution in [1.82, 2.24) is 4.98 Å². The van der Waals surface area contributed by atoms with E-state index in [4.69, 9.17) is 20.2 Å². The number of aromatic hydroxyl groups is 1. The summed E-state index contributed by atoms with van der Waals surface area (Å²) in [4.78, 5) is 9.02. The minimum absolute atomic E-state index is 0.0164. The second-order valence-corrected chi connectivity index (χ2v) is 10.00. The smallest absolute Gasteiger partial charge is 0.282 e. The standard InChI is InChI=1S/C23H29B2N3O3/c1-13-11-21(7-5-18(13)30-2)12-16-4-3-14(15-6-8-27-19(29)10-15)9-17(16)22(21)23(24,25)31-20(26)28-22/h3-4,6,8-10,13,18H,5,7,11-12,24-25H2,1-2H3,(H2,26,28)(H,27,29)/t13-,18-,21-,22?/m0/s1. The summed E-state index contributed by atoms with van der Waals surface area (Å²) in [6.45, 7) is 2.28. The molecule has 4 atom stereocenters. The molecular formula is C23H29B2N3O3. The lowest BCUT2D eigenvalue weighted by Crippen LogP contribution is -2.60.